The van der Waals surface area contributed by atoms with Gasteiger partial charge in [0.05, 0.1) is 6.61 Å². The number of allylic oxidation sites excluding steroid dienone is 5. The van der Waals surface area contributed by atoms with Gasteiger partial charge in [0.2, 0.25) is 0 Å². The van der Waals surface area contributed by atoms with Crippen molar-refractivity contribution in [2.24, 2.45) is 0 Å². The molecule has 2 heteroatoms. The smallest absolute Gasteiger partial charge is 0.130 e. The number of aliphatic hydroxyl groups is 1. The molecule has 0 saturated heterocycles. The summed E-state index contributed by atoms with van der Waals surface area (Å²) in [6.45, 7) is 8.05. The molecule has 114 valence electrons. The number of carbonyl (C=O) groups excluding carboxylic acids is 1. The molecule has 0 radical (unpaired) electrons. The zero-order valence-corrected chi connectivity index (χ0v) is 13.5. The molecule has 0 spiro atoms. The van der Waals surface area contributed by atoms with Crippen molar-refractivity contribution in [3.8, 4) is 0 Å². The summed E-state index contributed by atoms with van der Waals surface area (Å²) in [6.07, 6.45) is 12.3. The molecule has 2 nitrogen and oxygen atoms in total. The van der Waals surface area contributed by atoms with E-state index in [1.807, 2.05) is 6.92 Å². The number of carbonyl (C=O) groups is 1. The van der Waals surface area contributed by atoms with Crippen molar-refractivity contribution >= 4 is 5.78 Å². The Balaban J connectivity index is 3.89. The summed E-state index contributed by atoms with van der Waals surface area (Å²) in [7, 11) is 0. The third kappa shape index (κ3) is 11.9. The maximum absolute atomic E-state index is 10.8. The number of Topliss-reactive ketones (excluding diaryl/α,β-unsaturated/α-hetero) is 1. The maximum Gasteiger partial charge on any atom is 0.130 e. The number of aliphatic hydroxyl groups excluding tert-OH is 1. The van der Waals surface area contributed by atoms with E-state index >= 15 is 0 Å². The second-order valence-electron chi connectivity index (χ2n) is 5.63. The molecule has 0 amide bonds. The third-order valence-electron chi connectivity index (χ3n) is 3.30. The van der Waals surface area contributed by atoms with E-state index in [0.29, 0.717) is 6.42 Å². The topological polar surface area (TPSA) is 37.3 Å². The van der Waals surface area contributed by atoms with Gasteiger partial charge in [0.25, 0.3) is 0 Å². The van der Waals surface area contributed by atoms with E-state index in [0.717, 1.165) is 37.7 Å². The van der Waals surface area contributed by atoms with Crippen molar-refractivity contribution in [2.75, 3.05) is 6.61 Å². The van der Waals surface area contributed by atoms with Gasteiger partial charge in [-0.25, -0.2) is 0 Å². The predicted octanol–water partition coefficient (Wildman–Crippen LogP) is 4.75. The molecule has 0 aliphatic heterocycles. The average Bonchev–Trinajstić information content (AvgIpc) is 2.38. The highest BCUT2D eigenvalue weighted by molar-refractivity contribution is 5.75. The Labute approximate surface area is 124 Å². The van der Waals surface area contributed by atoms with Crippen molar-refractivity contribution in [3.05, 3.63) is 34.9 Å². The lowest BCUT2D eigenvalue weighted by molar-refractivity contribution is -0.116. The number of rotatable bonds is 10. The summed E-state index contributed by atoms with van der Waals surface area (Å²) in [6, 6.07) is 0. The number of ketones is 1. The van der Waals surface area contributed by atoms with Crippen molar-refractivity contribution in [1.29, 1.82) is 0 Å². The van der Waals surface area contributed by atoms with E-state index < -0.39 is 0 Å². The van der Waals surface area contributed by atoms with Gasteiger partial charge in [-0.15, -0.1) is 0 Å². The Kier molecular flexibility index (Phi) is 11.0. The molecule has 0 rings (SSSR count). The second kappa shape index (κ2) is 11.7. The minimum atomic E-state index is 0.160. The van der Waals surface area contributed by atoms with Gasteiger partial charge in [-0.05, 0) is 59.8 Å². The molecule has 0 aromatic rings. The van der Waals surface area contributed by atoms with Crippen molar-refractivity contribution < 1.29 is 9.90 Å². The van der Waals surface area contributed by atoms with Crippen LogP contribution in [-0.2, 0) is 4.79 Å². The quantitative estimate of drug-likeness (QED) is 0.586. The first-order valence-corrected chi connectivity index (χ1v) is 7.53. The molecule has 0 heterocycles. The zero-order valence-electron chi connectivity index (χ0n) is 13.5. The molecule has 0 aliphatic carbocycles. The minimum absolute atomic E-state index is 0.160. The van der Waals surface area contributed by atoms with Crippen LogP contribution in [0.25, 0.3) is 0 Å². The minimum Gasteiger partial charge on any atom is -0.392 e. The zero-order chi connectivity index (χ0) is 15.4. The largest absolute Gasteiger partial charge is 0.392 e. The fourth-order valence-electron chi connectivity index (χ4n) is 1.88. The predicted molar refractivity (Wildman–Crippen MR) is 86.7 cm³/mol. The first-order valence-electron chi connectivity index (χ1n) is 7.53. The van der Waals surface area contributed by atoms with E-state index in [1.54, 1.807) is 6.92 Å². The van der Waals surface area contributed by atoms with Crippen molar-refractivity contribution in [1.82, 2.24) is 0 Å². The van der Waals surface area contributed by atoms with Gasteiger partial charge in [0.15, 0.2) is 0 Å². The third-order valence-corrected chi connectivity index (χ3v) is 3.30. The summed E-state index contributed by atoms with van der Waals surface area (Å²) >= 11 is 0. The van der Waals surface area contributed by atoms with Crippen LogP contribution in [0.5, 0.6) is 0 Å². The van der Waals surface area contributed by atoms with Crippen LogP contribution in [0.1, 0.15) is 66.2 Å². The van der Waals surface area contributed by atoms with Crippen LogP contribution < -0.4 is 0 Å². The van der Waals surface area contributed by atoms with Gasteiger partial charge in [0, 0.05) is 6.42 Å². The first kappa shape index (κ1) is 18.9. The number of hydrogen-bond donors (Lipinski definition) is 1. The van der Waals surface area contributed by atoms with Crippen LogP contribution in [0, 0.1) is 0 Å². The highest BCUT2D eigenvalue weighted by Gasteiger charge is 1.94. The van der Waals surface area contributed by atoms with Crippen molar-refractivity contribution in [2.45, 2.75) is 66.2 Å². The van der Waals surface area contributed by atoms with Gasteiger partial charge in [-0.1, -0.05) is 34.9 Å². The first-order chi connectivity index (χ1) is 9.45. The fourth-order valence-corrected chi connectivity index (χ4v) is 1.88. The molecule has 0 bridgehead atoms. The van der Waals surface area contributed by atoms with E-state index in [-0.39, 0.29) is 12.4 Å². The van der Waals surface area contributed by atoms with Gasteiger partial charge in [-0.3, -0.25) is 0 Å². The Morgan fingerprint density at radius 1 is 0.750 bits per heavy atom. The highest BCUT2D eigenvalue weighted by atomic mass is 16.3. The summed E-state index contributed by atoms with van der Waals surface area (Å²) in [5.41, 5.74) is 3.82. The van der Waals surface area contributed by atoms with Crippen molar-refractivity contribution in [3.63, 3.8) is 0 Å². The summed E-state index contributed by atoms with van der Waals surface area (Å²) < 4.78 is 0. The van der Waals surface area contributed by atoms with E-state index in [9.17, 15) is 4.79 Å². The molecule has 0 unspecified atom stereocenters. The molecule has 1 N–H and O–H groups in total. The molecule has 20 heavy (non-hydrogen) atoms. The summed E-state index contributed by atoms with van der Waals surface area (Å²) in [5.74, 6) is 0.260. The molecular weight excluding hydrogens is 248 g/mol. The molecule has 0 aliphatic rings. The molecule has 0 aromatic carbocycles. The second-order valence-corrected chi connectivity index (χ2v) is 5.63. The Bertz CT molecular complexity index is 373. The van der Waals surface area contributed by atoms with Crippen LogP contribution in [0.2, 0.25) is 0 Å². The van der Waals surface area contributed by atoms with Gasteiger partial charge in [0.1, 0.15) is 5.78 Å². The van der Waals surface area contributed by atoms with Gasteiger partial charge < -0.3 is 9.90 Å². The molecule has 0 fully saturated rings. The average molecular weight is 278 g/mol. The van der Waals surface area contributed by atoms with E-state index in [4.69, 9.17) is 5.11 Å². The Morgan fingerprint density at radius 3 is 1.55 bits per heavy atom. The lowest BCUT2D eigenvalue weighted by Crippen LogP contribution is -1.87. The molecule has 0 atom stereocenters. The molecule has 0 saturated carbocycles. The van der Waals surface area contributed by atoms with E-state index in [2.05, 4.69) is 32.1 Å². The standard InChI is InChI=1S/C18H30O2/c1-15(10-6-12-17(3)14-19)8-5-9-16(2)11-7-13-18(4)20/h8,11-12,19H,5-7,9-10,13-14H2,1-4H3/b15-8+,16-11-,17-12?. The molecule has 0 aromatic heterocycles. The monoisotopic (exact) mass is 278 g/mol. The lowest BCUT2D eigenvalue weighted by atomic mass is 10.1. The van der Waals surface area contributed by atoms with Gasteiger partial charge in [-0.2, -0.15) is 0 Å². The normalized spacial score (nSPS) is 13.8. The SMILES string of the molecule is CC(=O)CC/C=C(/C)CC/C=C(\C)CCC=C(C)CO. The van der Waals surface area contributed by atoms with Crippen LogP contribution in [-0.4, -0.2) is 17.5 Å². The maximum atomic E-state index is 10.8. The summed E-state index contributed by atoms with van der Waals surface area (Å²) in [4.78, 5) is 10.8. The van der Waals surface area contributed by atoms with E-state index in [1.165, 1.54) is 11.1 Å². The van der Waals surface area contributed by atoms with Gasteiger partial charge >= 0.3 is 0 Å². The Morgan fingerprint density at radius 2 is 1.15 bits per heavy atom. The van der Waals surface area contributed by atoms with Crippen LogP contribution in [0.4, 0.5) is 0 Å². The molecular formula is C18H30O2. The van der Waals surface area contributed by atoms with Crippen LogP contribution in [0.15, 0.2) is 34.9 Å². The fraction of sp³-hybridized carbons (Fsp3) is 0.611. The summed E-state index contributed by atoms with van der Waals surface area (Å²) in [5, 5.41) is 8.90. The lowest BCUT2D eigenvalue weighted by Gasteiger charge is -2.01. The van der Waals surface area contributed by atoms with Crippen LogP contribution >= 0.6 is 0 Å². The van der Waals surface area contributed by atoms with Crippen LogP contribution in [0.3, 0.4) is 0 Å². The number of hydrogen-bond acceptors (Lipinski definition) is 2. The highest BCUT2D eigenvalue weighted by Crippen LogP contribution is 2.12. The Hall–Kier alpha value is -1.15.